The summed E-state index contributed by atoms with van der Waals surface area (Å²) in [5.41, 5.74) is 0. The van der Waals surface area contributed by atoms with Crippen molar-refractivity contribution >= 4 is 5.97 Å². The fourth-order valence-corrected chi connectivity index (χ4v) is 2.45. The van der Waals surface area contributed by atoms with Gasteiger partial charge in [0.2, 0.25) is 0 Å². The molecule has 1 heterocycles. The normalized spacial score (nSPS) is 23.7. The first kappa shape index (κ1) is 16.4. The SMILES string of the molecule is CC(=O)[O-].CCCCC[NH+]1CCCC(CC)C1. The number of unbranched alkanes of at least 4 members (excludes halogenated alkanes) is 2. The van der Waals surface area contributed by atoms with Crippen LogP contribution >= 0.6 is 0 Å². The van der Waals surface area contributed by atoms with E-state index in [9.17, 15) is 0 Å². The molecule has 0 aromatic rings. The van der Waals surface area contributed by atoms with Gasteiger partial charge in [0, 0.05) is 11.9 Å². The number of carbonyl (C=O) groups is 1. The standard InChI is InChI=1S/C12H25N.C2H4O2/c1-3-5-6-9-13-10-7-8-12(4-2)11-13;1-2(3)4/h12H,3-11H2,1-2H3;1H3,(H,3,4). The minimum absolute atomic E-state index is 0.972. The molecular weight excluding hydrogens is 214 g/mol. The van der Waals surface area contributed by atoms with E-state index in [-0.39, 0.29) is 0 Å². The number of rotatable bonds is 5. The van der Waals surface area contributed by atoms with Crippen LogP contribution in [-0.2, 0) is 4.79 Å². The van der Waals surface area contributed by atoms with Crippen molar-refractivity contribution in [2.24, 2.45) is 5.92 Å². The third-order valence-corrected chi connectivity index (χ3v) is 3.43. The molecule has 0 radical (unpaired) electrons. The maximum atomic E-state index is 8.89. The van der Waals surface area contributed by atoms with Crippen molar-refractivity contribution in [2.75, 3.05) is 19.6 Å². The Hall–Kier alpha value is -0.570. The van der Waals surface area contributed by atoms with Crippen molar-refractivity contribution in [3.8, 4) is 0 Å². The monoisotopic (exact) mass is 243 g/mol. The van der Waals surface area contributed by atoms with Crippen molar-refractivity contribution in [1.82, 2.24) is 0 Å². The highest BCUT2D eigenvalue weighted by atomic mass is 16.4. The van der Waals surface area contributed by atoms with Crippen molar-refractivity contribution in [3.05, 3.63) is 0 Å². The lowest BCUT2D eigenvalue weighted by atomic mass is 9.95. The van der Waals surface area contributed by atoms with Gasteiger partial charge in [-0.1, -0.05) is 20.3 Å². The molecule has 1 aliphatic rings. The van der Waals surface area contributed by atoms with E-state index in [0.29, 0.717) is 0 Å². The first-order valence-corrected chi connectivity index (χ1v) is 7.11. The second kappa shape index (κ2) is 10.6. The Morgan fingerprint density at radius 3 is 2.53 bits per heavy atom. The molecule has 2 unspecified atom stereocenters. The number of hydrogen-bond donors (Lipinski definition) is 1. The van der Waals surface area contributed by atoms with Gasteiger partial charge in [-0.15, -0.1) is 0 Å². The topological polar surface area (TPSA) is 44.6 Å². The maximum Gasteiger partial charge on any atom is 0.0799 e. The van der Waals surface area contributed by atoms with Gasteiger partial charge in [0.1, 0.15) is 0 Å². The van der Waals surface area contributed by atoms with E-state index in [2.05, 4.69) is 13.8 Å². The number of piperidine rings is 1. The highest BCUT2D eigenvalue weighted by molar-refractivity contribution is 5.60. The molecule has 3 nitrogen and oxygen atoms in total. The lowest BCUT2D eigenvalue weighted by molar-refractivity contribution is -0.909. The molecule has 0 aromatic heterocycles. The number of nitrogens with one attached hydrogen (secondary N) is 1. The summed E-state index contributed by atoms with van der Waals surface area (Å²) in [4.78, 5) is 10.8. The highest BCUT2D eigenvalue weighted by Gasteiger charge is 2.20. The molecule has 1 N–H and O–H groups in total. The van der Waals surface area contributed by atoms with Gasteiger partial charge in [-0.2, -0.15) is 0 Å². The summed E-state index contributed by atoms with van der Waals surface area (Å²) in [6.07, 6.45) is 8.61. The van der Waals surface area contributed by atoms with E-state index in [4.69, 9.17) is 9.90 Å². The number of carboxylic acid groups (broad SMARTS) is 1. The Balaban J connectivity index is 0.000000557. The minimum Gasteiger partial charge on any atom is -0.550 e. The molecule has 2 atom stereocenters. The predicted octanol–water partition coefficient (Wildman–Crippen LogP) is 0.638. The molecular formula is C14H29NO2. The Morgan fingerprint density at radius 1 is 1.35 bits per heavy atom. The molecule has 0 bridgehead atoms. The van der Waals surface area contributed by atoms with E-state index < -0.39 is 5.97 Å². The Kier molecular flexibility index (Phi) is 10.2. The minimum atomic E-state index is -1.08. The van der Waals surface area contributed by atoms with Crippen molar-refractivity contribution in [1.29, 1.82) is 0 Å². The number of carboxylic acids is 1. The van der Waals surface area contributed by atoms with E-state index in [1.807, 2.05) is 4.90 Å². The second-order valence-corrected chi connectivity index (χ2v) is 5.07. The van der Waals surface area contributed by atoms with Crippen LogP contribution in [-0.4, -0.2) is 25.6 Å². The molecule has 0 aliphatic carbocycles. The maximum absolute atomic E-state index is 8.89. The average molecular weight is 243 g/mol. The fourth-order valence-electron chi connectivity index (χ4n) is 2.45. The van der Waals surface area contributed by atoms with Crippen LogP contribution in [0.1, 0.15) is 59.3 Å². The molecule has 1 saturated heterocycles. The Morgan fingerprint density at radius 2 is 2.00 bits per heavy atom. The number of likely N-dealkylation sites (tertiary alicyclic amines) is 1. The summed E-state index contributed by atoms with van der Waals surface area (Å²) >= 11 is 0. The molecule has 0 spiro atoms. The quantitative estimate of drug-likeness (QED) is 0.720. The number of aliphatic carboxylic acids is 1. The smallest absolute Gasteiger partial charge is 0.0799 e. The van der Waals surface area contributed by atoms with Crippen molar-refractivity contribution in [3.63, 3.8) is 0 Å². The summed E-state index contributed by atoms with van der Waals surface area (Å²) in [6, 6.07) is 0. The van der Waals surface area contributed by atoms with Crippen LogP contribution in [0.15, 0.2) is 0 Å². The van der Waals surface area contributed by atoms with Crippen molar-refractivity contribution < 1.29 is 14.8 Å². The summed E-state index contributed by atoms with van der Waals surface area (Å²) in [7, 11) is 0. The number of hydrogen-bond acceptors (Lipinski definition) is 2. The largest absolute Gasteiger partial charge is 0.550 e. The van der Waals surface area contributed by atoms with Gasteiger partial charge in [0.15, 0.2) is 0 Å². The molecule has 0 saturated carbocycles. The lowest BCUT2D eigenvalue weighted by Crippen LogP contribution is -3.13. The van der Waals surface area contributed by atoms with Gasteiger partial charge >= 0.3 is 0 Å². The van der Waals surface area contributed by atoms with E-state index in [0.717, 1.165) is 12.8 Å². The van der Waals surface area contributed by atoms with Gasteiger partial charge in [0.05, 0.1) is 19.6 Å². The zero-order chi connectivity index (χ0) is 13.1. The fraction of sp³-hybridized carbons (Fsp3) is 0.929. The lowest BCUT2D eigenvalue weighted by Gasteiger charge is -2.29. The zero-order valence-corrected chi connectivity index (χ0v) is 11.8. The first-order valence-electron chi connectivity index (χ1n) is 7.11. The van der Waals surface area contributed by atoms with Crippen LogP contribution in [0, 0.1) is 5.92 Å². The highest BCUT2D eigenvalue weighted by Crippen LogP contribution is 2.10. The van der Waals surface area contributed by atoms with Gasteiger partial charge < -0.3 is 14.8 Å². The summed E-state index contributed by atoms with van der Waals surface area (Å²) in [6.45, 7) is 9.95. The van der Waals surface area contributed by atoms with Gasteiger partial charge in [-0.05, 0) is 39.0 Å². The molecule has 3 heteroatoms. The first-order chi connectivity index (χ1) is 8.10. The predicted molar refractivity (Wildman–Crippen MR) is 68.8 cm³/mol. The Bertz CT molecular complexity index is 191. The molecule has 1 aliphatic heterocycles. The van der Waals surface area contributed by atoms with Crippen LogP contribution < -0.4 is 10.0 Å². The molecule has 1 fully saturated rings. The van der Waals surface area contributed by atoms with Gasteiger partial charge in [-0.25, -0.2) is 0 Å². The third-order valence-electron chi connectivity index (χ3n) is 3.43. The number of carbonyl (C=O) groups excluding carboxylic acids is 1. The average Bonchev–Trinajstić information content (AvgIpc) is 2.29. The van der Waals surface area contributed by atoms with Crippen LogP contribution in [0.25, 0.3) is 0 Å². The molecule has 17 heavy (non-hydrogen) atoms. The van der Waals surface area contributed by atoms with Gasteiger partial charge in [0.25, 0.3) is 0 Å². The zero-order valence-electron chi connectivity index (χ0n) is 11.8. The van der Waals surface area contributed by atoms with Gasteiger partial charge in [-0.3, -0.25) is 0 Å². The second-order valence-electron chi connectivity index (χ2n) is 5.07. The van der Waals surface area contributed by atoms with E-state index in [1.54, 1.807) is 0 Å². The third kappa shape index (κ3) is 10.3. The molecule has 102 valence electrons. The van der Waals surface area contributed by atoms with Crippen LogP contribution in [0.5, 0.6) is 0 Å². The summed E-state index contributed by atoms with van der Waals surface area (Å²) < 4.78 is 0. The van der Waals surface area contributed by atoms with Crippen molar-refractivity contribution in [2.45, 2.75) is 59.3 Å². The Labute approximate surface area is 106 Å². The molecule has 0 amide bonds. The van der Waals surface area contributed by atoms with Crippen LogP contribution in [0.2, 0.25) is 0 Å². The summed E-state index contributed by atoms with van der Waals surface area (Å²) in [5.74, 6) is -0.0506. The van der Waals surface area contributed by atoms with E-state index in [1.165, 1.54) is 58.2 Å². The van der Waals surface area contributed by atoms with Crippen LogP contribution in [0.4, 0.5) is 0 Å². The molecule has 1 rings (SSSR count). The molecule has 0 aromatic carbocycles. The van der Waals surface area contributed by atoms with E-state index >= 15 is 0 Å². The summed E-state index contributed by atoms with van der Waals surface area (Å²) in [5, 5.41) is 8.89. The van der Waals surface area contributed by atoms with Crippen LogP contribution in [0.3, 0.4) is 0 Å². The number of quaternary nitrogens is 1.